The lowest BCUT2D eigenvalue weighted by Crippen LogP contribution is -2.52. The molecular weight excluding hydrogens is 286 g/mol. The van der Waals surface area contributed by atoms with Gasteiger partial charge in [-0.2, -0.15) is 11.3 Å². The number of carbonyl (C=O) groups excluding carboxylic acids is 1. The molecule has 1 amide bonds. The zero-order valence-electron chi connectivity index (χ0n) is 13.0. The normalized spacial score (nSPS) is 28.1. The number of hydrogen-bond acceptors (Lipinski definition) is 3. The summed E-state index contributed by atoms with van der Waals surface area (Å²) in [5.74, 6) is -1.00. The van der Waals surface area contributed by atoms with Gasteiger partial charge in [-0.3, -0.25) is 9.59 Å². The minimum Gasteiger partial charge on any atom is -0.481 e. The van der Waals surface area contributed by atoms with E-state index in [-0.39, 0.29) is 29.2 Å². The van der Waals surface area contributed by atoms with E-state index in [4.69, 9.17) is 0 Å². The SMILES string of the molecule is Cc1cscc1C(=O)NC1CCC(C(=O)O)C(C)(C)C1C. The number of carbonyl (C=O) groups is 2. The van der Waals surface area contributed by atoms with Crippen molar-refractivity contribution in [3.05, 3.63) is 21.9 Å². The molecule has 0 radical (unpaired) electrons. The highest BCUT2D eigenvalue weighted by Gasteiger charge is 2.46. The summed E-state index contributed by atoms with van der Waals surface area (Å²) in [5, 5.41) is 16.3. The van der Waals surface area contributed by atoms with Crippen molar-refractivity contribution < 1.29 is 14.7 Å². The molecule has 1 aromatic rings. The van der Waals surface area contributed by atoms with E-state index in [0.29, 0.717) is 6.42 Å². The van der Waals surface area contributed by atoms with Crippen LogP contribution in [0.1, 0.15) is 49.5 Å². The van der Waals surface area contributed by atoms with E-state index in [1.165, 1.54) is 11.3 Å². The Morgan fingerprint density at radius 1 is 1.33 bits per heavy atom. The smallest absolute Gasteiger partial charge is 0.307 e. The van der Waals surface area contributed by atoms with Crippen molar-refractivity contribution in [1.82, 2.24) is 5.32 Å². The first kappa shape index (κ1) is 16.0. The molecular formula is C16H23NO3S. The fraction of sp³-hybridized carbons (Fsp3) is 0.625. The molecule has 3 unspecified atom stereocenters. The molecule has 0 saturated heterocycles. The second kappa shape index (κ2) is 5.79. The van der Waals surface area contributed by atoms with E-state index < -0.39 is 5.97 Å². The van der Waals surface area contributed by atoms with Crippen LogP contribution in [0.15, 0.2) is 10.8 Å². The average molecular weight is 309 g/mol. The Morgan fingerprint density at radius 2 is 2.00 bits per heavy atom. The second-order valence-corrected chi connectivity index (χ2v) is 7.37. The summed E-state index contributed by atoms with van der Waals surface area (Å²) in [5.41, 5.74) is 1.39. The number of carboxylic acids is 1. The van der Waals surface area contributed by atoms with Crippen LogP contribution >= 0.6 is 11.3 Å². The van der Waals surface area contributed by atoms with Crippen molar-refractivity contribution in [1.29, 1.82) is 0 Å². The quantitative estimate of drug-likeness (QED) is 0.900. The van der Waals surface area contributed by atoms with Crippen LogP contribution in [0.5, 0.6) is 0 Å². The highest BCUT2D eigenvalue weighted by Crippen LogP contribution is 2.45. The molecule has 0 bridgehead atoms. The van der Waals surface area contributed by atoms with Gasteiger partial charge in [0.05, 0.1) is 11.5 Å². The maximum Gasteiger partial charge on any atom is 0.307 e. The molecule has 1 fully saturated rings. The highest BCUT2D eigenvalue weighted by molar-refractivity contribution is 7.08. The van der Waals surface area contributed by atoms with E-state index >= 15 is 0 Å². The minimum atomic E-state index is -0.731. The highest BCUT2D eigenvalue weighted by atomic mass is 32.1. The monoisotopic (exact) mass is 309 g/mol. The van der Waals surface area contributed by atoms with Crippen molar-refractivity contribution in [3.63, 3.8) is 0 Å². The van der Waals surface area contributed by atoms with Crippen LogP contribution in [-0.2, 0) is 4.79 Å². The van der Waals surface area contributed by atoms with Gasteiger partial charge in [-0.05, 0) is 42.0 Å². The predicted octanol–water partition coefficient (Wildman–Crippen LogP) is 3.31. The molecule has 0 spiro atoms. The van der Waals surface area contributed by atoms with Crippen LogP contribution in [0, 0.1) is 24.2 Å². The molecule has 1 aliphatic carbocycles. The first-order valence-electron chi connectivity index (χ1n) is 7.31. The first-order chi connectivity index (χ1) is 9.75. The summed E-state index contributed by atoms with van der Waals surface area (Å²) in [6.45, 7) is 7.95. The largest absolute Gasteiger partial charge is 0.481 e. The first-order valence-corrected chi connectivity index (χ1v) is 8.26. The van der Waals surface area contributed by atoms with E-state index in [1.807, 2.05) is 38.5 Å². The summed E-state index contributed by atoms with van der Waals surface area (Å²) in [7, 11) is 0. The van der Waals surface area contributed by atoms with Gasteiger partial charge in [-0.25, -0.2) is 0 Å². The molecule has 1 aromatic heterocycles. The lowest BCUT2D eigenvalue weighted by molar-refractivity contribution is -0.150. The molecule has 0 aromatic carbocycles. The predicted molar refractivity (Wildman–Crippen MR) is 83.6 cm³/mol. The Bertz CT molecular complexity index is 549. The van der Waals surface area contributed by atoms with Gasteiger partial charge < -0.3 is 10.4 Å². The van der Waals surface area contributed by atoms with Crippen LogP contribution in [-0.4, -0.2) is 23.0 Å². The van der Waals surface area contributed by atoms with Crippen molar-refractivity contribution in [2.45, 2.75) is 46.6 Å². The molecule has 3 atom stereocenters. The van der Waals surface area contributed by atoms with Gasteiger partial charge in [0.15, 0.2) is 0 Å². The fourth-order valence-electron chi connectivity index (χ4n) is 3.28. The van der Waals surface area contributed by atoms with Gasteiger partial charge in [-0.1, -0.05) is 20.8 Å². The van der Waals surface area contributed by atoms with E-state index in [1.54, 1.807) is 0 Å². The van der Waals surface area contributed by atoms with Crippen molar-refractivity contribution in [2.24, 2.45) is 17.3 Å². The summed E-state index contributed by atoms with van der Waals surface area (Å²) < 4.78 is 0. The summed E-state index contributed by atoms with van der Waals surface area (Å²) in [4.78, 5) is 23.7. The average Bonchev–Trinajstić information content (AvgIpc) is 2.81. The van der Waals surface area contributed by atoms with Crippen molar-refractivity contribution >= 4 is 23.2 Å². The van der Waals surface area contributed by atoms with Gasteiger partial charge in [-0.15, -0.1) is 0 Å². The third-order valence-corrected chi connectivity index (χ3v) is 6.02. The lowest BCUT2D eigenvalue weighted by Gasteiger charge is -2.46. The summed E-state index contributed by atoms with van der Waals surface area (Å²) in [6, 6.07) is 0.0300. The number of thiophene rings is 1. The molecule has 21 heavy (non-hydrogen) atoms. The minimum absolute atomic E-state index is 0.0300. The Balaban J connectivity index is 2.11. The third kappa shape index (κ3) is 2.98. The van der Waals surface area contributed by atoms with E-state index in [0.717, 1.165) is 17.5 Å². The molecule has 4 nitrogen and oxygen atoms in total. The van der Waals surface area contributed by atoms with Gasteiger partial charge >= 0.3 is 5.97 Å². The number of amides is 1. The standard InChI is InChI=1S/C16H23NO3S/c1-9-7-21-8-11(9)14(18)17-13-6-5-12(15(19)20)16(3,4)10(13)2/h7-8,10,12-13H,5-6H2,1-4H3,(H,17,18)(H,19,20). The van der Waals surface area contributed by atoms with E-state index in [9.17, 15) is 14.7 Å². The van der Waals surface area contributed by atoms with Crippen molar-refractivity contribution in [2.75, 3.05) is 0 Å². The van der Waals surface area contributed by atoms with Gasteiger partial charge in [0.2, 0.25) is 0 Å². The molecule has 1 heterocycles. The molecule has 116 valence electrons. The number of nitrogens with one attached hydrogen (secondary N) is 1. The number of aliphatic carboxylic acids is 1. The summed E-state index contributed by atoms with van der Waals surface area (Å²) >= 11 is 1.52. The molecule has 1 saturated carbocycles. The lowest BCUT2D eigenvalue weighted by atomic mass is 9.61. The van der Waals surface area contributed by atoms with Gasteiger partial charge in [0.1, 0.15) is 0 Å². The van der Waals surface area contributed by atoms with Crippen LogP contribution in [0.2, 0.25) is 0 Å². The molecule has 5 heteroatoms. The number of aryl methyl sites for hydroxylation is 1. The molecule has 1 aliphatic rings. The number of hydrogen-bond donors (Lipinski definition) is 2. The molecule has 0 aliphatic heterocycles. The fourth-order valence-corrected chi connectivity index (χ4v) is 4.11. The Kier molecular flexibility index (Phi) is 4.42. The third-order valence-electron chi connectivity index (χ3n) is 5.16. The Hall–Kier alpha value is -1.36. The summed E-state index contributed by atoms with van der Waals surface area (Å²) in [6.07, 6.45) is 1.33. The van der Waals surface area contributed by atoms with E-state index in [2.05, 4.69) is 5.32 Å². The molecule has 2 N–H and O–H groups in total. The zero-order chi connectivity index (χ0) is 15.8. The van der Waals surface area contributed by atoms with Gasteiger partial charge in [0, 0.05) is 11.4 Å². The topological polar surface area (TPSA) is 66.4 Å². The van der Waals surface area contributed by atoms with Crippen molar-refractivity contribution in [3.8, 4) is 0 Å². The van der Waals surface area contributed by atoms with Crippen LogP contribution in [0.3, 0.4) is 0 Å². The number of rotatable bonds is 3. The number of carboxylic acid groups (broad SMARTS) is 1. The van der Waals surface area contributed by atoms with Crippen LogP contribution in [0.25, 0.3) is 0 Å². The zero-order valence-corrected chi connectivity index (χ0v) is 13.8. The van der Waals surface area contributed by atoms with Crippen LogP contribution in [0.4, 0.5) is 0 Å². The Morgan fingerprint density at radius 3 is 2.52 bits per heavy atom. The second-order valence-electron chi connectivity index (χ2n) is 6.63. The van der Waals surface area contributed by atoms with Gasteiger partial charge in [0.25, 0.3) is 5.91 Å². The Labute approximate surface area is 129 Å². The molecule has 2 rings (SSSR count). The maximum atomic E-state index is 12.3. The van der Waals surface area contributed by atoms with Crippen LogP contribution < -0.4 is 5.32 Å². The maximum absolute atomic E-state index is 12.3.